The van der Waals surface area contributed by atoms with Gasteiger partial charge in [-0.1, -0.05) is 0 Å². The number of hydrogen-bond acceptors (Lipinski definition) is 5. The van der Waals surface area contributed by atoms with Crippen LogP contribution in [0, 0.1) is 0 Å². The van der Waals surface area contributed by atoms with Crippen molar-refractivity contribution < 1.29 is 8.78 Å². The van der Waals surface area contributed by atoms with E-state index in [4.69, 9.17) is 0 Å². The Bertz CT molecular complexity index is 554. The summed E-state index contributed by atoms with van der Waals surface area (Å²) in [6.45, 7) is 0.247. The van der Waals surface area contributed by atoms with Crippen molar-refractivity contribution >= 4 is 16.9 Å². The maximum Gasteiger partial charge on any atom is 0.279 e. The van der Waals surface area contributed by atoms with Crippen LogP contribution >= 0.6 is 0 Å². The molecule has 0 amide bonds. The van der Waals surface area contributed by atoms with Gasteiger partial charge in [0.2, 0.25) is 0 Å². The van der Waals surface area contributed by atoms with E-state index in [1.54, 1.807) is 0 Å². The van der Waals surface area contributed by atoms with Crippen LogP contribution < -0.4 is 10.6 Å². The maximum atomic E-state index is 13.7. The lowest BCUT2D eigenvalue weighted by atomic mass is 10.0. The largest absolute Gasteiger partial charge is 0.360 e. The Balaban J connectivity index is 1.89. The summed E-state index contributed by atoms with van der Waals surface area (Å²) in [5.74, 6) is -2.40. The zero-order valence-corrected chi connectivity index (χ0v) is 9.45. The molecule has 0 unspecified atom stereocenters. The molecule has 1 aliphatic rings. The quantitative estimate of drug-likeness (QED) is 0.737. The summed E-state index contributed by atoms with van der Waals surface area (Å²) in [4.78, 5) is 7.97. The first kappa shape index (κ1) is 11.3. The molecule has 6 nitrogen and oxygen atoms in total. The summed E-state index contributed by atoms with van der Waals surface area (Å²) in [6, 6.07) is -0.924. The molecule has 0 aliphatic carbocycles. The molecule has 0 saturated carbocycles. The average Bonchev–Trinajstić information content (AvgIpc) is 2.81. The minimum absolute atomic E-state index is 0.315. The molecular formula is C10H12F2N6. The van der Waals surface area contributed by atoms with E-state index < -0.39 is 12.0 Å². The minimum Gasteiger partial charge on any atom is -0.360 e. The Hall–Kier alpha value is -1.83. The summed E-state index contributed by atoms with van der Waals surface area (Å²) < 4.78 is 27.4. The summed E-state index contributed by atoms with van der Waals surface area (Å²) >= 11 is 0. The predicted molar refractivity (Wildman–Crippen MR) is 61.5 cm³/mol. The molecule has 1 fully saturated rings. The van der Waals surface area contributed by atoms with Gasteiger partial charge in [0, 0.05) is 0 Å². The van der Waals surface area contributed by atoms with Crippen LogP contribution in [0.25, 0.3) is 11.0 Å². The third kappa shape index (κ3) is 1.88. The fourth-order valence-corrected chi connectivity index (χ4v) is 2.06. The second-order valence-corrected chi connectivity index (χ2v) is 4.28. The highest BCUT2D eigenvalue weighted by Crippen LogP contribution is 2.27. The van der Waals surface area contributed by atoms with E-state index in [2.05, 4.69) is 30.8 Å². The standard InChI is InChI=1S/C10H12F2N6/c11-10(12)4-13-2-1-7(10)17-8-6-3-16-18-9(6)15-5-14-8/h3,5,7,13H,1-2,4H2,(H2,14,15,16,17,18)/t7-/m1/s1. The number of rotatable bonds is 2. The number of nitrogens with zero attached hydrogens (tertiary/aromatic N) is 3. The van der Waals surface area contributed by atoms with Crippen molar-refractivity contribution in [3.8, 4) is 0 Å². The van der Waals surface area contributed by atoms with E-state index in [1.807, 2.05) is 0 Å². The third-order valence-corrected chi connectivity index (χ3v) is 3.04. The summed E-state index contributed by atoms with van der Waals surface area (Å²) in [5, 5.41) is 12.6. The zero-order chi connectivity index (χ0) is 12.6. The van der Waals surface area contributed by atoms with E-state index in [0.29, 0.717) is 29.8 Å². The number of aromatic nitrogens is 4. The van der Waals surface area contributed by atoms with Crippen molar-refractivity contribution in [2.45, 2.75) is 18.4 Å². The van der Waals surface area contributed by atoms with Crippen molar-refractivity contribution in [2.75, 3.05) is 18.4 Å². The van der Waals surface area contributed by atoms with Crippen molar-refractivity contribution in [1.29, 1.82) is 0 Å². The molecule has 3 rings (SSSR count). The van der Waals surface area contributed by atoms with E-state index in [9.17, 15) is 8.78 Å². The number of hydrogen-bond donors (Lipinski definition) is 3. The highest BCUT2D eigenvalue weighted by molar-refractivity contribution is 5.85. The molecule has 0 radical (unpaired) electrons. The number of anilines is 1. The van der Waals surface area contributed by atoms with Crippen molar-refractivity contribution in [3.63, 3.8) is 0 Å². The Morgan fingerprint density at radius 1 is 1.39 bits per heavy atom. The van der Waals surface area contributed by atoms with Gasteiger partial charge < -0.3 is 10.6 Å². The highest BCUT2D eigenvalue weighted by Gasteiger charge is 2.41. The van der Waals surface area contributed by atoms with Gasteiger partial charge in [0.1, 0.15) is 12.1 Å². The molecule has 2 aromatic rings. The first-order chi connectivity index (χ1) is 8.67. The second-order valence-electron chi connectivity index (χ2n) is 4.28. The molecule has 1 aliphatic heterocycles. The monoisotopic (exact) mass is 254 g/mol. The molecule has 18 heavy (non-hydrogen) atoms. The lowest BCUT2D eigenvalue weighted by molar-refractivity contribution is -0.0322. The zero-order valence-electron chi connectivity index (χ0n) is 9.45. The molecule has 8 heteroatoms. The smallest absolute Gasteiger partial charge is 0.279 e. The summed E-state index contributed by atoms with van der Waals surface area (Å²) in [5.41, 5.74) is 0.532. The fourth-order valence-electron chi connectivity index (χ4n) is 2.06. The van der Waals surface area contributed by atoms with E-state index in [1.165, 1.54) is 12.5 Å². The Kier molecular flexibility index (Phi) is 2.58. The number of alkyl halides is 2. The van der Waals surface area contributed by atoms with E-state index >= 15 is 0 Å². The van der Waals surface area contributed by atoms with Crippen LogP contribution in [0.2, 0.25) is 0 Å². The summed E-state index contributed by atoms with van der Waals surface area (Å²) in [7, 11) is 0. The molecule has 1 atom stereocenters. The Morgan fingerprint density at radius 3 is 3.11 bits per heavy atom. The maximum absolute atomic E-state index is 13.7. The fraction of sp³-hybridized carbons (Fsp3) is 0.500. The number of fused-ring (bicyclic) bond motifs is 1. The SMILES string of the molecule is FC1(F)CNCC[C@H]1Nc1ncnc2[nH]ncc12. The summed E-state index contributed by atoms with van der Waals surface area (Å²) in [6.07, 6.45) is 3.19. The van der Waals surface area contributed by atoms with Crippen molar-refractivity contribution in [2.24, 2.45) is 0 Å². The van der Waals surface area contributed by atoms with Crippen LogP contribution in [0.1, 0.15) is 6.42 Å². The van der Waals surface area contributed by atoms with Gasteiger partial charge in [-0.2, -0.15) is 5.10 Å². The van der Waals surface area contributed by atoms with Gasteiger partial charge in [-0.05, 0) is 13.0 Å². The lowest BCUT2D eigenvalue weighted by Crippen LogP contribution is -2.52. The van der Waals surface area contributed by atoms with Crippen LogP contribution in [-0.4, -0.2) is 45.2 Å². The molecule has 0 aromatic carbocycles. The number of aromatic amines is 1. The molecule has 2 aromatic heterocycles. The first-order valence-corrected chi connectivity index (χ1v) is 5.66. The predicted octanol–water partition coefficient (Wildman–Crippen LogP) is 0.762. The van der Waals surface area contributed by atoms with Gasteiger partial charge in [-0.15, -0.1) is 0 Å². The number of nitrogens with one attached hydrogen (secondary N) is 3. The van der Waals surface area contributed by atoms with Gasteiger partial charge in [0.25, 0.3) is 5.92 Å². The van der Waals surface area contributed by atoms with Gasteiger partial charge in [0.15, 0.2) is 5.65 Å². The molecule has 0 bridgehead atoms. The van der Waals surface area contributed by atoms with E-state index in [0.717, 1.165) is 0 Å². The van der Waals surface area contributed by atoms with Crippen LogP contribution in [0.4, 0.5) is 14.6 Å². The molecule has 96 valence electrons. The van der Waals surface area contributed by atoms with Crippen molar-refractivity contribution in [3.05, 3.63) is 12.5 Å². The molecular weight excluding hydrogens is 242 g/mol. The first-order valence-electron chi connectivity index (χ1n) is 5.66. The van der Waals surface area contributed by atoms with Gasteiger partial charge in [0.05, 0.1) is 24.2 Å². The van der Waals surface area contributed by atoms with Crippen LogP contribution in [0.15, 0.2) is 12.5 Å². The van der Waals surface area contributed by atoms with Gasteiger partial charge >= 0.3 is 0 Å². The number of piperidine rings is 1. The molecule has 3 heterocycles. The van der Waals surface area contributed by atoms with E-state index in [-0.39, 0.29) is 6.54 Å². The van der Waals surface area contributed by atoms with Crippen LogP contribution in [0.5, 0.6) is 0 Å². The van der Waals surface area contributed by atoms with Crippen LogP contribution in [0.3, 0.4) is 0 Å². The Morgan fingerprint density at radius 2 is 2.28 bits per heavy atom. The normalized spacial score (nSPS) is 23.1. The third-order valence-electron chi connectivity index (χ3n) is 3.04. The molecule has 1 saturated heterocycles. The highest BCUT2D eigenvalue weighted by atomic mass is 19.3. The van der Waals surface area contributed by atoms with Crippen molar-refractivity contribution in [1.82, 2.24) is 25.5 Å². The lowest BCUT2D eigenvalue weighted by Gasteiger charge is -2.32. The number of H-pyrrole nitrogens is 1. The minimum atomic E-state index is -2.79. The average molecular weight is 254 g/mol. The number of halogens is 2. The van der Waals surface area contributed by atoms with Crippen LogP contribution in [-0.2, 0) is 0 Å². The Labute approximate surface area is 101 Å². The molecule has 3 N–H and O–H groups in total. The second kappa shape index (κ2) is 4.13. The molecule has 0 spiro atoms. The topological polar surface area (TPSA) is 78.5 Å². The van der Waals surface area contributed by atoms with Gasteiger partial charge in [-0.3, -0.25) is 5.10 Å². The van der Waals surface area contributed by atoms with Gasteiger partial charge in [-0.25, -0.2) is 18.7 Å².